The van der Waals surface area contributed by atoms with Gasteiger partial charge in [-0.1, -0.05) is 47.1 Å². The molecule has 1 atom stereocenters. The molecular formula is C29H31BrN4OS. The van der Waals surface area contributed by atoms with Crippen molar-refractivity contribution in [2.24, 2.45) is 0 Å². The average molecular weight is 564 g/mol. The highest BCUT2D eigenvalue weighted by atomic mass is 79.9. The highest BCUT2D eigenvalue weighted by molar-refractivity contribution is 9.10. The molecule has 186 valence electrons. The van der Waals surface area contributed by atoms with Crippen molar-refractivity contribution in [2.45, 2.75) is 31.9 Å². The first-order chi connectivity index (χ1) is 17.3. The Balaban J connectivity index is 1.41. The topological polar surface area (TPSA) is 63.7 Å². The van der Waals surface area contributed by atoms with Crippen LogP contribution >= 0.6 is 26.0 Å². The summed E-state index contributed by atoms with van der Waals surface area (Å²) in [5.74, 6) is 2.33. The molecule has 0 bridgehead atoms. The first kappa shape index (κ1) is 25.0. The zero-order chi connectivity index (χ0) is 25.3. The molecule has 0 amide bonds. The van der Waals surface area contributed by atoms with Crippen LogP contribution in [-0.4, -0.2) is 45.2 Å². The van der Waals surface area contributed by atoms with Gasteiger partial charge in [0, 0.05) is 27.4 Å². The summed E-state index contributed by atoms with van der Waals surface area (Å²) < 4.78 is 9.10. The van der Waals surface area contributed by atoms with Gasteiger partial charge in [-0.25, -0.2) is 20.0 Å². The minimum absolute atomic E-state index is 0.477. The first-order valence-electron chi connectivity index (χ1n) is 12.2. The second kappa shape index (κ2) is 10.0. The third-order valence-electron chi connectivity index (χ3n) is 7.40. The molecule has 36 heavy (non-hydrogen) atoms. The monoisotopic (exact) mass is 562 g/mol. The molecule has 0 N–H and O–H groups in total. The Bertz CT molecular complexity index is 1460. The third-order valence-corrected chi connectivity index (χ3v) is 10.7. The van der Waals surface area contributed by atoms with Crippen LogP contribution in [0.4, 0.5) is 0 Å². The van der Waals surface area contributed by atoms with Crippen LogP contribution in [-0.2, 0) is 29.7 Å². The Hall–Kier alpha value is -2.66. The van der Waals surface area contributed by atoms with Crippen molar-refractivity contribution < 1.29 is 4.74 Å². The zero-order valence-electron chi connectivity index (χ0n) is 21.0. The number of rotatable bonds is 8. The number of nitriles is 1. The molecule has 0 aliphatic heterocycles. The van der Waals surface area contributed by atoms with Gasteiger partial charge in [-0.05, 0) is 72.1 Å². The summed E-state index contributed by atoms with van der Waals surface area (Å²) >= 11 is 3.57. The van der Waals surface area contributed by atoms with E-state index in [1.807, 2.05) is 16.8 Å². The van der Waals surface area contributed by atoms with Crippen LogP contribution in [0.3, 0.4) is 0 Å². The van der Waals surface area contributed by atoms with E-state index in [1.165, 1.54) is 16.9 Å². The lowest BCUT2D eigenvalue weighted by molar-refractivity contribution is 0.0923. The molecule has 2 aromatic heterocycles. The predicted octanol–water partition coefficient (Wildman–Crippen LogP) is 6.48. The van der Waals surface area contributed by atoms with E-state index in [4.69, 9.17) is 4.74 Å². The molecule has 7 heteroatoms. The molecule has 5 nitrogen and oxygen atoms in total. The highest BCUT2D eigenvalue weighted by Gasteiger charge is 2.39. The number of halogens is 1. The van der Waals surface area contributed by atoms with E-state index in [0.717, 1.165) is 51.1 Å². The minimum Gasteiger partial charge on any atom is -0.360 e. The SMILES string of the molecule is CCS(C)(C)CCOCn1ccc2c(-c3cccc(C4(C#N)Cc5ccc(Br)cc5C4)c3)ncnc21. The molecule has 1 aliphatic carbocycles. The van der Waals surface area contributed by atoms with E-state index in [9.17, 15) is 5.26 Å². The molecule has 1 aliphatic rings. The third kappa shape index (κ3) is 4.82. The van der Waals surface area contributed by atoms with Gasteiger partial charge in [0.1, 0.15) is 18.7 Å². The molecule has 5 rings (SSSR count). The molecule has 2 aromatic carbocycles. The Morgan fingerprint density at radius 2 is 1.94 bits per heavy atom. The van der Waals surface area contributed by atoms with Gasteiger partial charge < -0.3 is 9.30 Å². The lowest BCUT2D eigenvalue weighted by Gasteiger charge is -2.29. The number of benzene rings is 2. The second-order valence-corrected chi connectivity index (χ2v) is 15.5. The Labute approximate surface area is 223 Å². The summed E-state index contributed by atoms with van der Waals surface area (Å²) in [5.41, 5.74) is 5.68. The Morgan fingerprint density at radius 1 is 1.11 bits per heavy atom. The maximum Gasteiger partial charge on any atom is 0.145 e. The van der Waals surface area contributed by atoms with E-state index in [1.54, 1.807) is 6.33 Å². The van der Waals surface area contributed by atoms with E-state index in [-0.39, 0.29) is 0 Å². The molecule has 4 aromatic rings. The molecule has 0 saturated heterocycles. The van der Waals surface area contributed by atoms with Crippen LogP contribution in [0.15, 0.2) is 65.5 Å². The smallest absolute Gasteiger partial charge is 0.145 e. The fraction of sp³-hybridized carbons (Fsp3) is 0.345. The average Bonchev–Trinajstić information content (AvgIpc) is 3.48. The van der Waals surface area contributed by atoms with E-state index >= 15 is 0 Å². The van der Waals surface area contributed by atoms with Crippen LogP contribution in [0.2, 0.25) is 0 Å². The van der Waals surface area contributed by atoms with Gasteiger partial charge in [-0.2, -0.15) is 5.26 Å². The molecule has 2 heterocycles. The summed E-state index contributed by atoms with van der Waals surface area (Å²) in [6, 6.07) is 19.4. The summed E-state index contributed by atoms with van der Waals surface area (Å²) in [6.07, 6.45) is 9.79. The van der Waals surface area contributed by atoms with Crippen LogP contribution in [0.5, 0.6) is 0 Å². The normalized spacial score (nSPS) is 17.8. The summed E-state index contributed by atoms with van der Waals surface area (Å²) in [5, 5.41) is 11.3. The van der Waals surface area contributed by atoms with E-state index in [2.05, 4.69) is 93.9 Å². The zero-order valence-corrected chi connectivity index (χ0v) is 23.4. The van der Waals surface area contributed by atoms with Gasteiger partial charge in [0.15, 0.2) is 0 Å². The maximum atomic E-state index is 10.3. The second-order valence-electron chi connectivity index (χ2n) is 10.1. The van der Waals surface area contributed by atoms with Crippen molar-refractivity contribution in [3.05, 3.63) is 82.2 Å². The number of fused-ring (bicyclic) bond motifs is 2. The summed E-state index contributed by atoms with van der Waals surface area (Å²) in [4.78, 5) is 9.20. The van der Waals surface area contributed by atoms with Crippen molar-refractivity contribution in [1.82, 2.24) is 14.5 Å². The van der Waals surface area contributed by atoms with Crippen molar-refractivity contribution in [2.75, 3.05) is 30.6 Å². The first-order valence-corrected chi connectivity index (χ1v) is 15.8. The predicted molar refractivity (Wildman–Crippen MR) is 153 cm³/mol. The van der Waals surface area contributed by atoms with Crippen molar-refractivity contribution in [3.8, 4) is 17.3 Å². The molecule has 0 spiro atoms. The van der Waals surface area contributed by atoms with Crippen LogP contribution in [0, 0.1) is 11.3 Å². The summed E-state index contributed by atoms with van der Waals surface area (Å²) in [6.45, 7) is 3.49. The number of hydrogen-bond acceptors (Lipinski definition) is 4. The largest absolute Gasteiger partial charge is 0.360 e. The number of nitrogens with zero attached hydrogens (tertiary/aromatic N) is 4. The Morgan fingerprint density at radius 3 is 2.75 bits per heavy atom. The molecule has 1 unspecified atom stereocenters. The lowest BCUT2D eigenvalue weighted by atomic mass is 9.78. The van der Waals surface area contributed by atoms with Crippen molar-refractivity contribution in [3.63, 3.8) is 0 Å². The number of hydrogen-bond donors (Lipinski definition) is 0. The molecule has 0 fully saturated rings. The quantitative estimate of drug-likeness (QED) is 0.230. The minimum atomic E-state index is -0.570. The molecular weight excluding hydrogens is 532 g/mol. The van der Waals surface area contributed by atoms with Gasteiger partial charge in [0.25, 0.3) is 0 Å². The Kier molecular flexibility index (Phi) is 6.95. The maximum absolute atomic E-state index is 10.3. The van der Waals surface area contributed by atoms with Gasteiger partial charge >= 0.3 is 0 Å². The van der Waals surface area contributed by atoms with Gasteiger partial charge in [-0.3, -0.25) is 0 Å². The number of ether oxygens (including phenoxy) is 1. The lowest BCUT2D eigenvalue weighted by Crippen LogP contribution is -2.24. The van der Waals surface area contributed by atoms with Crippen molar-refractivity contribution in [1.29, 1.82) is 5.26 Å². The van der Waals surface area contributed by atoms with Gasteiger partial charge in [0.05, 0.1) is 23.8 Å². The summed E-state index contributed by atoms with van der Waals surface area (Å²) in [7, 11) is -0.569. The van der Waals surface area contributed by atoms with E-state index in [0.29, 0.717) is 13.2 Å². The molecule has 0 radical (unpaired) electrons. The van der Waals surface area contributed by atoms with Gasteiger partial charge in [-0.15, -0.1) is 0 Å². The van der Waals surface area contributed by atoms with Crippen LogP contribution in [0.1, 0.15) is 23.6 Å². The number of aromatic nitrogens is 3. The van der Waals surface area contributed by atoms with Crippen molar-refractivity contribution >= 4 is 37.0 Å². The highest BCUT2D eigenvalue weighted by Crippen LogP contribution is 2.42. The fourth-order valence-corrected chi connectivity index (χ4v) is 6.15. The standard InChI is InChI=1S/C29H31BrN4OS/c1-4-36(2,3)13-12-35-20-34-11-10-26-27(32-19-33-28(26)34)21-6-5-7-24(14-21)29(18-31)16-22-8-9-25(30)15-23(22)17-29/h5-11,14-15,19H,4,12-13,16-17,20H2,1-3H3. The van der Waals surface area contributed by atoms with E-state index < -0.39 is 15.4 Å². The molecule has 0 saturated carbocycles. The van der Waals surface area contributed by atoms with Crippen LogP contribution < -0.4 is 0 Å². The fourth-order valence-electron chi connectivity index (χ4n) is 4.89. The van der Waals surface area contributed by atoms with Crippen LogP contribution in [0.25, 0.3) is 22.3 Å². The van der Waals surface area contributed by atoms with Gasteiger partial charge in [0.2, 0.25) is 0 Å².